The number of rotatable bonds is 5. The minimum Gasteiger partial charge on any atom is -0.395 e. The molecule has 0 unspecified atom stereocenters. The van der Waals surface area contributed by atoms with Gasteiger partial charge in [-0.2, -0.15) is 0 Å². The molecule has 98 valence electrons. The highest BCUT2D eigenvalue weighted by Gasteiger charge is 2.46. The van der Waals surface area contributed by atoms with E-state index in [-0.39, 0.29) is 12.5 Å². The number of ether oxygens (including phenoxy) is 1. The molecule has 5 heteroatoms. The summed E-state index contributed by atoms with van der Waals surface area (Å²) in [6.07, 6.45) is 4.27. The second kappa shape index (κ2) is 5.46. The summed E-state index contributed by atoms with van der Waals surface area (Å²) in [6, 6.07) is 3.87. The average molecular weight is 250 g/mol. The maximum Gasteiger partial charge on any atom is 0.235 e. The number of aliphatic hydroxyl groups excluding tert-OH is 1. The molecule has 0 radical (unpaired) electrons. The SMILES string of the molecule is CN(CCc1ccncc1)C(=O)C1(CO)COC1. The molecule has 1 N–H and O–H groups in total. The van der Waals surface area contributed by atoms with E-state index in [0.29, 0.717) is 19.8 Å². The van der Waals surface area contributed by atoms with Crippen molar-refractivity contribution in [2.75, 3.05) is 33.4 Å². The van der Waals surface area contributed by atoms with Gasteiger partial charge in [-0.3, -0.25) is 9.78 Å². The van der Waals surface area contributed by atoms with E-state index in [0.717, 1.165) is 12.0 Å². The molecule has 0 atom stereocenters. The number of aliphatic hydroxyl groups is 1. The van der Waals surface area contributed by atoms with Gasteiger partial charge in [-0.05, 0) is 24.1 Å². The van der Waals surface area contributed by atoms with E-state index in [1.54, 1.807) is 24.3 Å². The number of aromatic nitrogens is 1. The Labute approximate surface area is 106 Å². The van der Waals surface area contributed by atoms with Gasteiger partial charge in [-0.25, -0.2) is 0 Å². The lowest BCUT2D eigenvalue weighted by atomic mass is 9.85. The van der Waals surface area contributed by atoms with Crippen molar-refractivity contribution < 1.29 is 14.6 Å². The summed E-state index contributed by atoms with van der Waals surface area (Å²) in [4.78, 5) is 17.8. The Kier molecular flexibility index (Phi) is 3.93. The van der Waals surface area contributed by atoms with Gasteiger partial charge < -0.3 is 14.7 Å². The van der Waals surface area contributed by atoms with Gasteiger partial charge in [0.15, 0.2) is 0 Å². The second-order valence-electron chi connectivity index (χ2n) is 4.76. The van der Waals surface area contributed by atoms with Crippen LogP contribution >= 0.6 is 0 Å². The lowest BCUT2D eigenvalue weighted by molar-refractivity contribution is -0.179. The van der Waals surface area contributed by atoms with Crippen LogP contribution in [0.4, 0.5) is 0 Å². The standard InChI is InChI=1S/C13H18N2O3/c1-15(7-4-11-2-5-14-6-3-11)12(17)13(8-16)9-18-10-13/h2-3,5-6,16H,4,7-10H2,1H3. The average Bonchev–Trinajstić information content (AvgIpc) is 2.36. The zero-order chi connectivity index (χ0) is 13.0. The minimum atomic E-state index is -0.701. The highest BCUT2D eigenvalue weighted by Crippen LogP contribution is 2.28. The first-order valence-electron chi connectivity index (χ1n) is 6.01. The van der Waals surface area contributed by atoms with Crippen molar-refractivity contribution in [2.24, 2.45) is 5.41 Å². The number of carbonyl (C=O) groups excluding carboxylic acids is 1. The predicted molar refractivity (Wildman–Crippen MR) is 65.9 cm³/mol. The number of pyridine rings is 1. The van der Waals surface area contributed by atoms with E-state index in [2.05, 4.69) is 4.98 Å². The maximum atomic E-state index is 12.2. The number of hydrogen-bond acceptors (Lipinski definition) is 4. The van der Waals surface area contributed by atoms with Crippen LogP contribution in [0.3, 0.4) is 0 Å². The molecule has 1 aliphatic rings. The molecule has 18 heavy (non-hydrogen) atoms. The van der Waals surface area contributed by atoms with Crippen LogP contribution in [-0.2, 0) is 16.0 Å². The zero-order valence-electron chi connectivity index (χ0n) is 10.5. The fourth-order valence-electron chi connectivity index (χ4n) is 1.98. The Hall–Kier alpha value is -1.46. The largest absolute Gasteiger partial charge is 0.395 e. The number of likely N-dealkylation sites (N-methyl/N-ethyl adjacent to an activating group) is 1. The Bertz CT molecular complexity index is 398. The van der Waals surface area contributed by atoms with E-state index >= 15 is 0 Å². The van der Waals surface area contributed by atoms with Crippen LogP contribution < -0.4 is 0 Å². The molecular formula is C13H18N2O3. The van der Waals surface area contributed by atoms with Gasteiger partial charge in [-0.1, -0.05) is 0 Å². The van der Waals surface area contributed by atoms with E-state index in [1.807, 2.05) is 12.1 Å². The molecule has 1 aromatic heterocycles. The van der Waals surface area contributed by atoms with Gasteiger partial charge in [0, 0.05) is 26.0 Å². The van der Waals surface area contributed by atoms with Crippen molar-refractivity contribution in [1.82, 2.24) is 9.88 Å². The third-order valence-electron chi connectivity index (χ3n) is 3.34. The second-order valence-corrected chi connectivity index (χ2v) is 4.76. The fraction of sp³-hybridized carbons (Fsp3) is 0.538. The molecule has 1 amide bonds. The number of hydrogen-bond donors (Lipinski definition) is 1. The molecule has 0 bridgehead atoms. The molecule has 1 saturated heterocycles. The van der Waals surface area contributed by atoms with E-state index in [9.17, 15) is 9.90 Å². The van der Waals surface area contributed by atoms with Crippen LogP contribution in [0.5, 0.6) is 0 Å². The smallest absolute Gasteiger partial charge is 0.235 e. The lowest BCUT2D eigenvalue weighted by Crippen LogP contribution is -2.56. The van der Waals surface area contributed by atoms with Gasteiger partial charge in [0.1, 0.15) is 5.41 Å². The summed E-state index contributed by atoms with van der Waals surface area (Å²) >= 11 is 0. The van der Waals surface area contributed by atoms with Gasteiger partial charge in [0.2, 0.25) is 5.91 Å². The lowest BCUT2D eigenvalue weighted by Gasteiger charge is -2.40. The first kappa shape index (κ1) is 13.0. The summed E-state index contributed by atoms with van der Waals surface area (Å²) < 4.78 is 5.05. The van der Waals surface area contributed by atoms with Crippen molar-refractivity contribution in [1.29, 1.82) is 0 Å². The molecule has 2 rings (SSSR count). The maximum absolute atomic E-state index is 12.2. The van der Waals surface area contributed by atoms with Crippen LogP contribution in [0.1, 0.15) is 5.56 Å². The Morgan fingerprint density at radius 2 is 2.17 bits per heavy atom. The number of nitrogens with zero attached hydrogens (tertiary/aromatic N) is 2. The van der Waals surface area contributed by atoms with E-state index in [1.165, 1.54) is 0 Å². The first-order chi connectivity index (χ1) is 8.68. The highest BCUT2D eigenvalue weighted by molar-refractivity contribution is 5.83. The Morgan fingerprint density at radius 3 is 2.67 bits per heavy atom. The molecule has 0 aliphatic carbocycles. The number of carbonyl (C=O) groups is 1. The molecule has 0 saturated carbocycles. The fourth-order valence-corrected chi connectivity index (χ4v) is 1.98. The van der Waals surface area contributed by atoms with E-state index < -0.39 is 5.41 Å². The number of amides is 1. The normalized spacial score (nSPS) is 17.0. The minimum absolute atomic E-state index is 0.0368. The van der Waals surface area contributed by atoms with E-state index in [4.69, 9.17) is 4.74 Å². The first-order valence-corrected chi connectivity index (χ1v) is 6.01. The Morgan fingerprint density at radius 1 is 1.50 bits per heavy atom. The zero-order valence-corrected chi connectivity index (χ0v) is 10.5. The van der Waals surface area contributed by atoms with Crippen LogP contribution in [-0.4, -0.2) is 54.3 Å². The van der Waals surface area contributed by atoms with Crippen LogP contribution in [0.2, 0.25) is 0 Å². The quantitative estimate of drug-likeness (QED) is 0.804. The monoisotopic (exact) mass is 250 g/mol. The van der Waals surface area contributed by atoms with Crippen LogP contribution in [0, 0.1) is 5.41 Å². The third kappa shape index (κ3) is 2.52. The Balaban J connectivity index is 1.88. The summed E-state index contributed by atoms with van der Waals surface area (Å²) in [6.45, 7) is 1.12. The third-order valence-corrected chi connectivity index (χ3v) is 3.34. The van der Waals surface area contributed by atoms with Crippen molar-refractivity contribution in [3.05, 3.63) is 30.1 Å². The van der Waals surface area contributed by atoms with Gasteiger partial charge in [0.05, 0.1) is 19.8 Å². The van der Waals surface area contributed by atoms with Crippen molar-refractivity contribution in [3.8, 4) is 0 Å². The van der Waals surface area contributed by atoms with Crippen molar-refractivity contribution in [2.45, 2.75) is 6.42 Å². The van der Waals surface area contributed by atoms with Crippen molar-refractivity contribution >= 4 is 5.91 Å². The van der Waals surface area contributed by atoms with Gasteiger partial charge in [0.25, 0.3) is 0 Å². The summed E-state index contributed by atoms with van der Waals surface area (Å²) in [5.41, 5.74) is 0.444. The molecular weight excluding hydrogens is 232 g/mol. The summed E-state index contributed by atoms with van der Waals surface area (Å²) in [5, 5.41) is 9.31. The van der Waals surface area contributed by atoms with Crippen molar-refractivity contribution in [3.63, 3.8) is 0 Å². The summed E-state index contributed by atoms with van der Waals surface area (Å²) in [7, 11) is 1.76. The molecule has 5 nitrogen and oxygen atoms in total. The molecule has 0 aromatic carbocycles. The topological polar surface area (TPSA) is 62.7 Å². The van der Waals surface area contributed by atoms with Crippen LogP contribution in [0.15, 0.2) is 24.5 Å². The van der Waals surface area contributed by atoms with Gasteiger partial charge in [-0.15, -0.1) is 0 Å². The summed E-state index contributed by atoms with van der Waals surface area (Å²) in [5.74, 6) is -0.0368. The highest BCUT2D eigenvalue weighted by atomic mass is 16.5. The van der Waals surface area contributed by atoms with Gasteiger partial charge >= 0.3 is 0 Å². The molecule has 1 fully saturated rings. The molecule has 0 spiro atoms. The molecule has 1 aromatic rings. The van der Waals surface area contributed by atoms with Crippen LogP contribution in [0.25, 0.3) is 0 Å². The molecule has 1 aliphatic heterocycles. The predicted octanol–water partition coefficient (Wildman–Crippen LogP) is 0.0914. The molecule has 2 heterocycles.